The Morgan fingerprint density at radius 3 is 2.70 bits per heavy atom. The van der Waals surface area contributed by atoms with Gasteiger partial charge in [0.05, 0.1) is 4.91 Å². The maximum absolute atomic E-state index is 11.6. The highest BCUT2D eigenvalue weighted by Gasteiger charge is 2.22. The Bertz CT molecular complexity index is 691. The van der Waals surface area contributed by atoms with Crippen LogP contribution in [0.5, 0.6) is 0 Å². The highest BCUT2D eigenvalue weighted by Crippen LogP contribution is 2.31. The van der Waals surface area contributed by atoms with Crippen LogP contribution in [0, 0.1) is 0 Å². The number of benzene rings is 1. The van der Waals surface area contributed by atoms with Crippen LogP contribution >= 0.6 is 35.7 Å². The standard InChI is InChI=1S/C14H9NO2S3/c16-13-11(20-14(18)15-13)8-9-6-7-12(17-9)19-10-4-2-1-3-5-10/h1-8H,(H,15,16,18)/b11-8-. The number of thiocarbonyl (C=S) groups is 1. The second kappa shape index (κ2) is 5.87. The average Bonchev–Trinajstić information content (AvgIpc) is 2.98. The van der Waals surface area contributed by atoms with E-state index in [1.165, 1.54) is 23.5 Å². The van der Waals surface area contributed by atoms with Gasteiger partial charge >= 0.3 is 0 Å². The van der Waals surface area contributed by atoms with Gasteiger partial charge in [-0.3, -0.25) is 4.79 Å². The largest absolute Gasteiger partial charge is 0.450 e. The maximum atomic E-state index is 11.6. The first kappa shape index (κ1) is 13.5. The summed E-state index contributed by atoms with van der Waals surface area (Å²) in [7, 11) is 0. The molecular formula is C14H9NO2S3. The summed E-state index contributed by atoms with van der Waals surface area (Å²) in [6.07, 6.45) is 1.70. The molecule has 0 saturated carbocycles. The van der Waals surface area contributed by atoms with Crippen molar-refractivity contribution in [3.05, 3.63) is 53.1 Å². The van der Waals surface area contributed by atoms with Gasteiger partial charge in [0.25, 0.3) is 5.91 Å². The van der Waals surface area contributed by atoms with Gasteiger partial charge in [0.15, 0.2) is 5.09 Å². The molecule has 100 valence electrons. The monoisotopic (exact) mass is 319 g/mol. The third-order valence-corrected chi connectivity index (χ3v) is 4.57. The second-order valence-electron chi connectivity index (χ2n) is 3.92. The summed E-state index contributed by atoms with van der Waals surface area (Å²) in [5.74, 6) is 0.472. The molecule has 1 aliphatic rings. The summed E-state index contributed by atoms with van der Waals surface area (Å²) in [5.41, 5.74) is 0. The molecule has 0 atom stereocenters. The minimum absolute atomic E-state index is 0.173. The van der Waals surface area contributed by atoms with Crippen LogP contribution in [0.2, 0.25) is 0 Å². The summed E-state index contributed by atoms with van der Waals surface area (Å²) in [6, 6.07) is 13.7. The van der Waals surface area contributed by atoms with Crippen molar-refractivity contribution in [1.82, 2.24) is 5.32 Å². The zero-order chi connectivity index (χ0) is 13.9. The van der Waals surface area contributed by atoms with Crippen molar-refractivity contribution in [2.45, 2.75) is 9.99 Å². The van der Waals surface area contributed by atoms with E-state index in [2.05, 4.69) is 5.32 Å². The Labute approximate surface area is 129 Å². The smallest absolute Gasteiger partial charge is 0.263 e. The molecule has 0 aliphatic carbocycles. The molecule has 1 N–H and O–H groups in total. The van der Waals surface area contributed by atoms with Crippen LogP contribution in [0.1, 0.15) is 5.76 Å². The Kier molecular flexibility index (Phi) is 3.95. The van der Waals surface area contributed by atoms with Crippen molar-refractivity contribution in [1.29, 1.82) is 0 Å². The quantitative estimate of drug-likeness (QED) is 0.686. The van der Waals surface area contributed by atoms with Gasteiger partial charge in [-0.15, -0.1) is 0 Å². The van der Waals surface area contributed by atoms with Crippen LogP contribution in [0.3, 0.4) is 0 Å². The molecule has 1 amide bonds. The van der Waals surface area contributed by atoms with Crippen LogP contribution in [0.15, 0.2) is 61.8 Å². The predicted molar refractivity (Wildman–Crippen MR) is 85.6 cm³/mol. The molecule has 0 unspecified atom stereocenters. The first-order valence-corrected chi connectivity index (χ1v) is 7.82. The number of amides is 1. The van der Waals surface area contributed by atoms with E-state index in [-0.39, 0.29) is 5.91 Å². The molecule has 6 heteroatoms. The summed E-state index contributed by atoms with van der Waals surface area (Å²) >= 11 is 7.72. The van der Waals surface area contributed by atoms with Crippen LogP contribution < -0.4 is 5.32 Å². The molecule has 3 rings (SSSR count). The van der Waals surface area contributed by atoms with Gasteiger partial charge in [0.1, 0.15) is 10.1 Å². The molecule has 0 spiro atoms. The zero-order valence-corrected chi connectivity index (χ0v) is 12.6. The van der Waals surface area contributed by atoms with E-state index in [1.54, 1.807) is 6.08 Å². The summed E-state index contributed by atoms with van der Waals surface area (Å²) in [4.78, 5) is 13.2. The van der Waals surface area contributed by atoms with Gasteiger partial charge in [0, 0.05) is 11.0 Å². The van der Waals surface area contributed by atoms with E-state index in [1.807, 2.05) is 42.5 Å². The normalized spacial score (nSPS) is 16.7. The predicted octanol–water partition coefficient (Wildman–Crippen LogP) is 3.92. The molecule has 2 heterocycles. The van der Waals surface area contributed by atoms with E-state index in [0.29, 0.717) is 15.0 Å². The van der Waals surface area contributed by atoms with Gasteiger partial charge in [-0.25, -0.2) is 0 Å². The van der Waals surface area contributed by atoms with Gasteiger partial charge in [-0.1, -0.05) is 53.9 Å². The lowest BCUT2D eigenvalue weighted by atomic mass is 10.4. The maximum Gasteiger partial charge on any atom is 0.263 e. The number of rotatable bonds is 3. The number of thioether (sulfide) groups is 1. The van der Waals surface area contributed by atoms with E-state index >= 15 is 0 Å². The SMILES string of the molecule is O=C1NC(=S)S/C1=C\c1ccc(Sc2ccccc2)o1. The number of carbonyl (C=O) groups is 1. The van der Waals surface area contributed by atoms with Gasteiger partial charge in [-0.05, 0) is 24.3 Å². The number of hydrogen-bond acceptors (Lipinski definition) is 5. The van der Waals surface area contributed by atoms with Crippen molar-refractivity contribution >= 4 is 52.0 Å². The van der Waals surface area contributed by atoms with Crippen LogP contribution in [0.25, 0.3) is 6.08 Å². The minimum Gasteiger partial charge on any atom is -0.450 e. The number of furan rings is 1. The summed E-state index contributed by atoms with van der Waals surface area (Å²) in [6.45, 7) is 0. The highest BCUT2D eigenvalue weighted by atomic mass is 32.2. The fraction of sp³-hybridized carbons (Fsp3) is 0. The molecule has 0 bridgehead atoms. The van der Waals surface area contributed by atoms with Gasteiger partial charge in [-0.2, -0.15) is 0 Å². The lowest BCUT2D eigenvalue weighted by Crippen LogP contribution is -2.17. The molecule has 1 aliphatic heterocycles. The molecule has 0 radical (unpaired) electrons. The molecule has 1 saturated heterocycles. The molecule has 2 aromatic rings. The highest BCUT2D eigenvalue weighted by molar-refractivity contribution is 8.26. The van der Waals surface area contributed by atoms with Crippen LogP contribution in [-0.2, 0) is 4.79 Å². The van der Waals surface area contributed by atoms with Crippen LogP contribution in [0.4, 0.5) is 0 Å². The first-order valence-electron chi connectivity index (χ1n) is 5.78. The molecule has 1 aromatic heterocycles. The van der Waals surface area contributed by atoms with E-state index < -0.39 is 0 Å². The summed E-state index contributed by atoms with van der Waals surface area (Å²) < 4.78 is 6.16. The third-order valence-electron chi connectivity index (χ3n) is 2.48. The number of nitrogens with one attached hydrogen (secondary N) is 1. The van der Waals surface area contributed by atoms with E-state index in [4.69, 9.17) is 16.6 Å². The van der Waals surface area contributed by atoms with Gasteiger partial charge < -0.3 is 9.73 Å². The van der Waals surface area contributed by atoms with Crippen molar-refractivity contribution in [2.75, 3.05) is 0 Å². The lowest BCUT2D eigenvalue weighted by molar-refractivity contribution is -0.115. The topological polar surface area (TPSA) is 42.2 Å². The zero-order valence-electron chi connectivity index (χ0n) is 10.2. The average molecular weight is 319 g/mol. The molecule has 3 nitrogen and oxygen atoms in total. The lowest BCUT2D eigenvalue weighted by Gasteiger charge is -1.96. The van der Waals surface area contributed by atoms with Crippen molar-refractivity contribution < 1.29 is 9.21 Å². The Morgan fingerprint density at radius 2 is 2.00 bits per heavy atom. The van der Waals surface area contributed by atoms with Crippen LogP contribution in [-0.4, -0.2) is 10.2 Å². The van der Waals surface area contributed by atoms with Crippen molar-refractivity contribution in [3.8, 4) is 0 Å². The Hall–Kier alpha value is -1.50. The third kappa shape index (κ3) is 3.15. The first-order chi connectivity index (χ1) is 9.70. The molecule has 20 heavy (non-hydrogen) atoms. The second-order valence-corrected chi connectivity index (χ2v) is 6.72. The molecular weight excluding hydrogens is 310 g/mol. The fourth-order valence-electron chi connectivity index (χ4n) is 1.62. The number of carbonyl (C=O) groups excluding carboxylic acids is 1. The Balaban J connectivity index is 1.76. The van der Waals surface area contributed by atoms with E-state index in [0.717, 1.165) is 9.99 Å². The fourth-order valence-corrected chi connectivity index (χ4v) is 3.45. The summed E-state index contributed by atoms with van der Waals surface area (Å²) in [5, 5.41) is 3.36. The van der Waals surface area contributed by atoms with E-state index in [9.17, 15) is 4.79 Å². The van der Waals surface area contributed by atoms with Crippen molar-refractivity contribution in [3.63, 3.8) is 0 Å². The molecule has 1 fully saturated rings. The Morgan fingerprint density at radius 1 is 1.20 bits per heavy atom. The molecule has 1 aromatic carbocycles. The van der Waals surface area contributed by atoms with Gasteiger partial charge in [0.2, 0.25) is 0 Å². The minimum atomic E-state index is -0.173. The van der Waals surface area contributed by atoms with Crippen molar-refractivity contribution in [2.24, 2.45) is 0 Å². The number of hydrogen-bond donors (Lipinski definition) is 1.